The van der Waals surface area contributed by atoms with Crippen molar-refractivity contribution in [2.45, 2.75) is 44.4 Å². The van der Waals surface area contributed by atoms with Gasteiger partial charge in [0, 0.05) is 13.0 Å². The second-order valence-electron chi connectivity index (χ2n) is 8.61. The number of hydrogen-bond acceptors (Lipinski definition) is 4. The first-order valence-electron chi connectivity index (χ1n) is 10.1. The van der Waals surface area contributed by atoms with Crippen LogP contribution in [0.2, 0.25) is 5.04 Å². The van der Waals surface area contributed by atoms with Gasteiger partial charge in [-0.2, -0.15) is 0 Å². The number of nitrogens with zero attached hydrogens (tertiary/aromatic N) is 1. The van der Waals surface area contributed by atoms with E-state index in [0.717, 1.165) is 15.3 Å². The van der Waals surface area contributed by atoms with Gasteiger partial charge in [0.2, 0.25) is 0 Å². The molecule has 1 saturated heterocycles. The lowest BCUT2D eigenvalue weighted by Gasteiger charge is -2.44. The van der Waals surface area contributed by atoms with E-state index in [9.17, 15) is 14.7 Å². The van der Waals surface area contributed by atoms with E-state index in [1.54, 1.807) is 0 Å². The normalized spacial score (nSPS) is 19.5. The molecule has 3 rings (SSSR count). The quantitative estimate of drug-likeness (QED) is 0.587. The Morgan fingerprint density at radius 2 is 1.50 bits per heavy atom. The van der Waals surface area contributed by atoms with Gasteiger partial charge in [-0.15, -0.1) is 0 Å². The summed E-state index contributed by atoms with van der Waals surface area (Å²) in [7, 11) is -1.55. The van der Waals surface area contributed by atoms with E-state index in [2.05, 4.69) is 45.0 Å². The summed E-state index contributed by atoms with van der Waals surface area (Å²) in [6.07, 6.45) is -1.26. The number of esters is 1. The Bertz CT molecular complexity index is 842. The van der Waals surface area contributed by atoms with Crippen molar-refractivity contribution in [1.82, 2.24) is 4.90 Å². The molecule has 160 valence electrons. The number of amides is 1. The molecule has 1 fully saturated rings. The molecular weight excluding hydrogens is 398 g/mol. The molecule has 1 aliphatic heterocycles. The highest BCUT2D eigenvalue weighted by Gasteiger charge is 2.53. The van der Waals surface area contributed by atoms with Gasteiger partial charge in [-0.3, -0.25) is 4.90 Å². The van der Waals surface area contributed by atoms with Gasteiger partial charge in [-0.05, 0) is 15.4 Å². The molecule has 1 amide bonds. The van der Waals surface area contributed by atoms with Crippen LogP contribution in [0.4, 0.5) is 4.79 Å². The van der Waals surface area contributed by atoms with Crippen molar-refractivity contribution in [3.05, 3.63) is 60.7 Å². The summed E-state index contributed by atoms with van der Waals surface area (Å²) in [4.78, 5) is 25.1. The van der Waals surface area contributed by atoms with Gasteiger partial charge in [-0.1, -0.05) is 81.4 Å². The average molecular weight is 428 g/mol. The maximum atomic E-state index is 12.2. The molecule has 2 atom stereocenters. The molecule has 0 aliphatic carbocycles. The molecular formula is C23H29NO5Si. The van der Waals surface area contributed by atoms with Crippen LogP contribution in [-0.4, -0.2) is 56.2 Å². The molecule has 2 aromatic rings. The Morgan fingerprint density at radius 1 is 1.00 bits per heavy atom. The highest BCUT2D eigenvalue weighted by atomic mass is 28.4. The largest absolute Gasteiger partial charge is 0.467 e. The smallest absolute Gasteiger partial charge is 0.408 e. The summed E-state index contributed by atoms with van der Waals surface area (Å²) in [6, 6.07) is 19.5. The fourth-order valence-electron chi connectivity index (χ4n) is 4.39. The minimum absolute atomic E-state index is 0.138. The first-order valence-corrected chi connectivity index (χ1v) is 12.0. The number of likely N-dealkylation sites (tertiary alicyclic amines) is 1. The Labute approximate surface area is 178 Å². The molecule has 1 aliphatic rings. The Hall–Kier alpha value is -2.64. The van der Waals surface area contributed by atoms with Crippen LogP contribution in [-0.2, 0) is 14.0 Å². The fraction of sp³-hybridized carbons (Fsp3) is 0.391. The van der Waals surface area contributed by atoms with Crippen LogP contribution in [0.1, 0.15) is 27.2 Å². The minimum Gasteiger partial charge on any atom is -0.467 e. The lowest BCUT2D eigenvalue weighted by Crippen LogP contribution is -2.67. The van der Waals surface area contributed by atoms with Crippen molar-refractivity contribution in [3.63, 3.8) is 0 Å². The highest BCUT2D eigenvalue weighted by molar-refractivity contribution is 6.99. The van der Waals surface area contributed by atoms with E-state index in [4.69, 9.17) is 9.16 Å². The monoisotopic (exact) mass is 427 g/mol. The zero-order chi connectivity index (χ0) is 21.9. The van der Waals surface area contributed by atoms with E-state index < -0.39 is 32.5 Å². The van der Waals surface area contributed by atoms with Crippen LogP contribution in [0.25, 0.3) is 0 Å². The molecule has 6 nitrogen and oxygen atoms in total. The molecule has 0 spiro atoms. The van der Waals surface area contributed by atoms with Gasteiger partial charge in [-0.25, -0.2) is 9.59 Å². The Kier molecular flexibility index (Phi) is 6.33. The predicted octanol–water partition coefficient (Wildman–Crippen LogP) is 2.86. The molecule has 30 heavy (non-hydrogen) atoms. The van der Waals surface area contributed by atoms with Crippen molar-refractivity contribution in [1.29, 1.82) is 0 Å². The number of benzene rings is 2. The molecule has 0 saturated carbocycles. The van der Waals surface area contributed by atoms with E-state index in [1.165, 1.54) is 7.11 Å². The van der Waals surface area contributed by atoms with E-state index in [0.29, 0.717) is 0 Å². The first-order chi connectivity index (χ1) is 14.2. The number of methoxy groups -OCH3 is 1. The van der Waals surface area contributed by atoms with Crippen LogP contribution < -0.4 is 10.4 Å². The standard InChI is InChI=1S/C23H29NO5Si/c1-23(2,3)30(18-11-7-5-8-12-18,19-13-9-6-10-14-19)29-17-15-20(21(25)28-4)24(16-17)22(26)27/h5-14,17,20H,15-16H2,1-4H3,(H,26,27)/t17-,20-/m1/s1. The topological polar surface area (TPSA) is 76.1 Å². The van der Waals surface area contributed by atoms with E-state index in [-0.39, 0.29) is 18.0 Å². The molecule has 7 heteroatoms. The van der Waals surface area contributed by atoms with Crippen molar-refractivity contribution in [2.75, 3.05) is 13.7 Å². The summed E-state index contributed by atoms with van der Waals surface area (Å²) < 4.78 is 11.8. The molecule has 0 bridgehead atoms. The predicted molar refractivity (Wildman–Crippen MR) is 118 cm³/mol. The van der Waals surface area contributed by atoms with Gasteiger partial charge in [0.1, 0.15) is 6.04 Å². The zero-order valence-electron chi connectivity index (χ0n) is 17.9. The Balaban J connectivity index is 2.08. The number of carbonyl (C=O) groups excluding carboxylic acids is 1. The lowest BCUT2D eigenvalue weighted by atomic mass is 10.2. The van der Waals surface area contributed by atoms with Crippen molar-refractivity contribution in [3.8, 4) is 0 Å². The van der Waals surface area contributed by atoms with Gasteiger partial charge < -0.3 is 14.3 Å². The SMILES string of the molecule is COC(=O)[C@H]1C[C@@H](O[Si](c2ccccc2)(c2ccccc2)C(C)(C)C)CN1C(=O)O. The van der Waals surface area contributed by atoms with Crippen LogP contribution >= 0.6 is 0 Å². The number of carboxylic acid groups (broad SMARTS) is 1. The summed E-state index contributed by atoms with van der Waals surface area (Å²) in [5, 5.41) is 11.6. The summed E-state index contributed by atoms with van der Waals surface area (Å²) in [5.41, 5.74) is 0. The van der Waals surface area contributed by atoms with Crippen LogP contribution in [0.3, 0.4) is 0 Å². The minimum atomic E-state index is -2.82. The van der Waals surface area contributed by atoms with Gasteiger partial charge in [0.15, 0.2) is 0 Å². The molecule has 1 N–H and O–H groups in total. The number of ether oxygens (including phenoxy) is 1. The maximum Gasteiger partial charge on any atom is 0.408 e. The summed E-state index contributed by atoms with van der Waals surface area (Å²) in [5.74, 6) is -0.550. The molecule has 1 heterocycles. The first kappa shape index (κ1) is 22.1. The third kappa shape index (κ3) is 4.00. The van der Waals surface area contributed by atoms with E-state index in [1.807, 2.05) is 36.4 Å². The third-order valence-corrected chi connectivity index (χ3v) is 10.8. The second kappa shape index (κ2) is 8.61. The second-order valence-corrected chi connectivity index (χ2v) is 12.9. The Morgan fingerprint density at radius 3 is 1.90 bits per heavy atom. The highest BCUT2D eigenvalue weighted by Crippen LogP contribution is 2.39. The fourth-order valence-corrected chi connectivity index (χ4v) is 9.08. The molecule has 0 unspecified atom stereocenters. The number of carbonyl (C=O) groups is 2. The number of hydrogen-bond donors (Lipinski definition) is 1. The molecule has 2 aromatic carbocycles. The van der Waals surface area contributed by atoms with Gasteiger partial charge in [0.25, 0.3) is 8.32 Å². The molecule has 0 aromatic heterocycles. The zero-order valence-corrected chi connectivity index (χ0v) is 18.9. The summed E-state index contributed by atoms with van der Waals surface area (Å²) >= 11 is 0. The van der Waals surface area contributed by atoms with Crippen LogP contribution in [0, 0.1) is 0 Å². The van der Waals surface area contributed by atoms with Crippen molar-refractivity contribution in [2.24, 2.45) is 0 Å². The third-order valence-electron chi connectivity index (χ3n) is 5.74. The summed E-state index contributed by atoms with van der Waals surface area (Å²) in [6.45, 7) is 6.64. The number of rotatable bonds is 5. The van der Waals surface area contributed by atoms with Crippen LogP contribution in [0.15, 0.2) is 60.7 Å². The maximum absolute atomic E-state index is 12.2. The van der Waals surface area contributed by atoms with Crippen LogP contribution in [0.5, 0.6) is 0 Å². The van der Waals surface area contributed by atoms with Gasteiger partial charge >= 0.3 is 12.1 Å². The molecule has 0 radical (unpaired) electrons. The average Bonchev–Trinajstić information content (AvgIpc) is 3.16. The van der Waals surface area contributed by atoms with Crippen molar-refractivity contribution < 1.29 is 23.9 Å². The van der Waals surface area contributed by atoms with Gasteiger partial charge in [0.05, 0.1) is 13.2 Å². The lowest BCUT2D eigenvalue weighted by molar-refractivity contribution is -0.145. The van der Waals surface area contributed by atoms with Crippen molar-refractivity contribution >= 4 is 30.8 Å². The van der Waals surface area contributed by atoms with E-state index >= 15 is 0 Å².